The lowest BCUT2D eigenvalue weighted by molar-refractivity contribution is -0.161. The summed E-state index contributed by atoms with van der Waals surface area (Å²) in [5.41, 5.74) is 0. The molecule has 0 radical (unpaired) electrons. The van der Waals surface area contributed by atoms with Gasteiger partial charge in [0.15, 0.2) is 12.2 Å². The van der Waals surface area contributed by atoms with Crippen LogP contribution < -0.4 is 0 Å². The molecular formula is C83H162O17P2. The quantitative estimate of drug-likeness (QED) is 0.0222. The van der Waals surface area contributed by atoms with Crippen LogP contribution in [0.1, 0.15) is 440 Å². The molecule has 0 fully saturated rings. The van der Waals surface area contributed by atoms with Crippen molar-refractivity contribution >= 4 is 39.5 Å². The molecule has 0 aromatic heterocycles. The molecule has 0 bridgehead atoms. The first-order chi connectivity index (χ1) is 49.4. The molecule has 0 spiro atoms. The Kier molecular flexibility index (Phi) is 73.1. The predicted octanol–water partition coefficient (Wildman–Crippen LogP) is 25.1. The Morgan fingerprint density at radius 3 is 0.696 bits per heavy atom. The van der Waals surface area contributed by atoms with Gasteiger partial charge in [-0.15, -0.1) is 0 Å². The standard InChI is InChI=1S/C83H162O17P2/c1-7-11-13-15-17-19-21-23-24-25-26-27-28-29-30-32-34-43-49-55-61-67-82(87)99-78(72-94-81(86)66-60-54-48-42-37-35-39-45-51-57-63-75(5)9-3)73-97-101(89,90)95-69-77(84)70-96-102(91,92)98-74-79(71-93-80(85)65-59-53-47-41-33-31-22-20-18-16-14-12-8-2)100-83(88)68-62-56-50-44-38-36-40-46-52-58-64-76(6)10-4/h75-79,84H,7-74H2,1-6H3,(H,89,90)(H,91,92)/t75?,76?,77-,78-,79-/m1/s1. The van der Waals surface area contributed by atoms with Gasteiger partial charge in [-0.05, 0) is 37.5 Å². The average Bonchev–Trinajstić information content (AvgIpc) is 0.933. The minimum atomic E-state index is -4.96. The zero-order chi connectivity index (χ0) is 74.9. The van der Waals surface area contributed by atoms with Crippen LogP contribution in [-0.4, -0.2) is 96.7 Å². The van der Waals surface area contributed by atoms with Gasteiger partial charge in [-0.25, -0.2) is 9.13 Å². The van der Waals surface area contributed by atoms with E-state index in [0.29, 0.717) is 25.7 Å². The van der Waals surface area contributed by atoms with Crippen LogP contribution in [0.2, 0.25) is 0 Å². The molecule has 0 heterocycles. The van der Waals surface area contributed by atoms with E-state index in [9.17, 15) is 43.2 Å². The van der Waals surface area contributed by atoms with E-state index < -0.39 is 97.5 Å². The number of hydrogen-bond donors (Lipinski definition) is 3. The minimum Gasteiger partial charge on any atom is -0.462 e. The number of aliphatic hydroxyl groups excluding tert-OH is 1. The molecular weight excluding hydrogens is 1330 g/mol. The molecule has 0 aliphatic rings. The fourth-order valence-corrected chi connectivity index (χ4v) is 14.4. The molecule has 0 rings (SSSR count). The molecule has 0 aromatic carbocycles. The van der Waals surface area contributed by atoms with E-state index in [4.69, 9.17) is 37.0 Å². The summed E-state index contributed by atoms with van der Waals surface area (Å²) >= 11 is 0. The lowest BCUT2D eigenvalue weighted by Crippen LogP contribution is -2.30. The summed E-state index contributed by atoms with van der Waals surface area (Å²) in [6.45, 7) is 9.70. The molecule has 102 heavy (non-hydrogen) atoms. The highest BCUT2D eigenvalue weighted by Crippen LogP contribution is 2.45. The van der Waals surface area contributed by atoms with Crippen LogP contribution in [0, 0.1) is 11.8 Å². The summed E-state index contributed by atoms with van der Waals surface area (Å²) in [5, 5.41) is 10.7. The fourth-order valence-electron chi connectivity index (χ4n) is 12.8. The van der Waals surface area contributed by atoms with Crippen LogP contribution in [0.15, 0.2) is 0 Å². The number of esters is 4. The third kappa shape index (κ3) is 73.6. The maximum atomic E-state index is 13.1. The SMILES string of the molecule is CCCCCCCCCCCCCCCCCCCCCCCC(=O)O[C@H](COC(=O)CCCCCCCCCCCCC(C)CC)COP(=O)(O)OC[C@@H](O)COP(=O)(O)OC[C@@H](COC(=O)CCCCCCCCCCCCCCC)OC(=O)CCCCCCCCCCCCC(C)CC. The summed E-state index contributed by atoms with van der Waals surface area (Å²) in [6.07, 6.45) is 65.0. The van der Waals surface area contributed by atoms with Crippen molar-refractivity contribution in [3.8, 4) is 0 Å². The number of carbonyl (C=O) groups is 4. The van der Waals surface area contributed by atoms with Crippen molar-refractivity contribution in [3.05, 3.63) is 0 Å². The first-order valence-corrected chi connectivity index (χ1v) is 46.1. The maximum absolute atomic E-state index is 13.1. The van der Waals surface area contributed by atoms with Gasteiger partial charge in [0.1, 0.15) is 19.3 Å². The van der Waals surface area contributed by atoms with Crippen molar-refractivity contribution in [1.82, 2.24) is 0 Å². The second-order valence-corrected chi connectivity index (χ2v) is 33.3. The van der Waals surface area contributed by atoms with Gasteiger partial charge in [-0.2, -0.15) is 0 Å². The Morgan fingerprint density at radius 2 is 0.471 bits per heavy atom. The van der Waals surface area contributed by atoms with Crippen LogP contribution >= 0.6 is 15.6 Å². The number of rotatable bonds is 82. The lowest BCUT2D eigenvalue weighted by Gasteiger charge is -2.21. The van der Waals surface area contributed by atoms with Crippen molar-refractivity contribution in [2.24, 2.45) is 11.8 Å². The number of ether oxygens (including phenoxy) is 4. The van der Waals surface area contributed by atoms with Crippen molar-refractivity contribution in [3.63, 3.8) is 0 Å². The zero-order valence-electron chi connectivity index (χ0n) is 66.9. The monoisotopic (exact) mass is 1490 g/mol. The number of hydrogen-bond acceptors (Lipinski definition) is 15. The van der Waals surface area contributed by atoms with E-state index in [1.165, 1.54) is 257 Å². The number of carbonyl (C=O) groups excluding carboxylic acids is 4. The third-order valence-corrected chi connectivity index (χ3v) is 22.1. The normalized spacial score (nSPS) is 14.4. The van der Waals surface area contributed by atoms with Gasteiger partial charge in [0.05, 0.1) is 26.4 Å². The van der Waals surface area contributed by atoms with E-state index in [0.717, 1.165) is 102 Å². The molecule has 606 valence electrons. The maximum Gasteiger partial charge on any atom is 0.472 e. The highest BCUT2D eigenvalue weighted by Gasteiger charge is 2.30. The average molecular weight is 1490 g/mol. The molecule has 3 N–H and O–H groups in total. The molecule has 0 saturated heterocycles. The van der Waals surface area contributed by atoms with Crippen LogP contribution in [0.4, 0.5) is 0 Å². The van der Waals surface area contributed by atoms with E-state index in [2.05, 4.69) is 41.5 Å². The topological polar surface area (TPSA) is 237 Å². The van der Waals surface area contributed by atoms with Crippen molar-refractivity contribution in [2.75, 3.05) is 39.6 Å². The van der Waals surface area contributed by atoms with E-state index in [-0.39, 0.29) is 25.7 Å². The van der Waals surface area contributed by atoms with E-state index in [1.807, 2.05) is 0 Å². The molecule has 4 unspecified atom stereocenters. The Bertz CT molecular complexity index is 1960. The van der Waals surface area contributed by atoms with Gasteiger partial charge in [0.2, 0.25) is 0 Å². The third-order valence-electron chi connectivity index (χ3n) is 20.2. The Labute approximate surface area is 626 Å². The van der Waals surface area contributed by atoms with E-state index >= 15 is 0 Å². The second kappa shape index (κ2) is 74.5. The van der Waals surface area contributed by atoms with Gasteiger partial charge in [0, 0.05) is 25.7 Å². The lowest BCUT2D eigenvalue weighted by atomic mass is 9.99. The molecule has 7 atom stereocenters. The van der Waals surface area contributed by atoms with Gasteiger partial charge in [-0.1, -0.05) is 388 Å². The summed E-state index contributed by atoms with van der Waals surface area (Å²) in [5.74, 6) is -0.493. The number of phosphoric acid groups is 2. The summed E-state index contributed by atoms with van der Waals surface area (Å²) < 4.78 is 68.8. The molecule has 19 heteroatoms. The highest BCUT2D eigenvalue weighted by molar-refractivity contribution is 7.47. The van der Waals surface area contributed by atoms with Crippen molar-refractivity contribution < 1.29 is 80.2 Å². The second-order valence-electron chi connectivity index (χ2n) is 30.4. The number of phosphoric ester groups is 2. The predicted molar refractivity (Wildman–Crippen MR) is 418 cm³/mol. The molecule has 0 saturated carbocycles. The first-order valence-electron chi connectivity index (χ1n) is 43.1. The van der Waals surface area contributed by atoms with Crippen LogP contribution in [0.5, 0.6) is 0 Å². The summed E-state index contributed by atoms with van der Waals surface area (Å²) in [6, 6.07) is 0. The number of unbranched alkanes of at least 4 members (excludes halogenated alkanes) is 50. The fraction of sp³-hybridized carbons (Fsp3) is 0.952. The van der Waals surface area contributed by atoms with Crippen molar-refractivity contribution in [2.45, 2.75) is 458 Å². The van der Waals surface area contributed by atoms with Gasteiger partial charge >= 0.3 is 39.5 Å². The van der Waals surface area contributed by atoms with Crippen LogP contribution in [0.25, 0.3) is 0 Å². The number of aliphatic hydroxyl groups is 1. The molecule has 0 amide bonds. The highest BCUT2D eigenvalue weighted by atomic mass is 31.2. The summed E-state index contributed by atoms with van der Waals surface area (Å²) in [4.78, 5) is 73.1. The largest absolute Gasteiger partial charge is 0.472 e. The van der Waals surface area contributed by atoms with Gasteiger partial charge in [-0.3, -0.25) is 37.3 Å². The molecule has 0 aliphatic carbocycles. The Balaban J connectivity index is 5.25. The van der Waals surface area contributed by atoms with Crippen LogP contribution in [-0.2, 0) is 65.4 Å². The van der Waals surface area contributed by atoms with Crippen LogP contribution in [0.3, 0.4) is 0 Å². The molecule has 17 nitrogen and oxygen atoms in total. The Hall–Kier alpha value is -1.94. The zero-order valence-corrected chi connectivity index (χ0v) is 68.7. The Morgan fingerprint density at radius 1 is 0.275 bits per heavy atom. The first kappa shape index (κ1) is 100. The summed E-state index contributed by atoms with van der Waals surface area (Å²) in [7, 11) is -9.92. The van der Waals surface area contributed by atoms with Crippen molar-refractivity contribution in [1.29, 1.82) is 0 Å². The van der Waals surface area contributed by atoms with Gasteiger partial charge < -0.3 is 33.8 Å². The molecule has 0 aliphatic heterocycles. The molecule has 0 aromatic rings. The van der Waals surface area contributed by atoms with E-state index in [1.54, 1.807) is 0 Å². The smallest absolute Gasteiger partial charge is 0.462 e. The minimum absolute atomic E-state index is 0.107. The van der Waals surface area contributed by atoms with Gasteiger partial charge in [0.25, 0.3) is 0 Å².